The number of hydrogen-bond donors (Lipinski definition) is 2. The maximum atomic E-state index is 13.4. The number of carbonyl (C=O) groups is 1. The zero-order chi connectivity index (χ0) is 26.5. The first-order chi connectivity index (χ1) is 18.5. The summed E-state index contributed by atoms with van der Waals surface area (Å²) in [5, 5.41) is 15.0. The second-order valence-electron chi connectivity index (χ2n) is 10.6. The van der Waals surface area contributed by atoms with E-state index in [-0.39, 0.29) is 23.7 Å². The average Bonchev–Trinajstić information content (AvgIpc) is 3.63. The van der Waals surface area contributed by atoms with Gasteiger partial charge in [-0.2, -0.15) is 0 Å². The fraction of sp³-hybridized carbons (Fsp3) is 0.552. The monoisotopic (exact) mass is 545 g/mol. The molecule has 3 aliphatic rings. The van der Waals surface area contributed by atoms with Crippen molar-refractivity contribution in [3.8, 4) is 5.75 Å². The lowest BCUT2D eigenvalue weighted by molar-refractivity contribution is -0.126. The van der Waals surface area contributed by atoms with Crippen molar-refractivity contribution in [2.75, 3.05) is 50.8 Å². The highest BCUT2D eigenvalue weighted by molar-refractivity contribution is 6.32. The van der Waals surface area contributed by atoms with E-state index in [4.69, 9.17) is 21.1 Å². The van der Waals surface area contributed by atoms with E-state index in [1.54, 1.807) is 18.2 Å². The third kappa shape index (κ3) is 6.78. The van der Waals surface area contributed by atoms with Crippen LogP contribution in [0.5, 0.6) is 5.75 Å². The molecule has 9 heteroatoms. The predicted octanol–water partition coefficient (Wildman–Crippen LogP) is 4.18. The zero-order valence-corrected chi connectivity index (χ0v) is 22.4. The van der Waals surface area contributed by atoms with Crippen molar-refractivity contribution in [3.05, 3.63) is 58.9 Å². The summed E-state index contributed by atoms with van der Waals surface area (Å²) in [5.41, 5.74) is 1.56. The molecule has 0 aliphatic carbocycles. The van der Waals surface area contributed by atoms with E-state index in [0.29, 0.717) is 49.1 Å². The van der Waals surface area contributed by atoms with Crippen molar-refractivity contribution in [1.82, 2.24) is 10.2 Å². The Kier molecular flexibility index (Phi) is 9.05. The summed E-state index contributed by atoms with van der Waals surface area (Å²) >= 11 is 6.57. The van der Waals surface area contributed by atoms with Crippen LogP contribution >= 0.6 is 11.6 Å². The van der Waals surface area contributed by atoms with Crippen LogP contribution in [0.15, 0.2) is 42.5 Å². The molecule has 2 aromatic carbocycles. The Bertz CT molecular complexity index is 1080. The molecule has 0 aromatic heterocycles. The van der Waals surface area contributed by atoms with Crippen molar-refractivity contribution < 1.29 is 23.8 Å². The number of aliphatic hydroxyl groups is 1. The van der Waals surface area contributed by atoms with Gasteiger partial charge in [-0.15, -0.1) is 0 Å². The second-order valence-corrected chi connectivity index (χ2v) is 11.0. The minimum Gasteiger partial charge on any atom is -0.489 e. The van der Waals surface area contributed by atoms with E-state index in [1.807, 2.05) is 12.1 Å². The molecule has 2 N–H and O–H groups in total. The standard InChI is InChI=1S/C29H37ClFN3O4/c30-25-17-20(3-8-27(25)38-24-10-15-37-16-11-24)28(35)26(19-33-12-1-2-13-33)32-29(36)21-9-14-34(18-21)23-6-4-22(31)5-7-23/h3-8,17,21,24,26,28,35H,1-2,9-16,18-19H2,(H,32,36)/t21-,26-,28-/m1/s1. The average molecular weight is 546 g/mol. The lowest BCUT2D eigenvalue weighted by atomic mass is 9.99. The van der Waals surface area contributed by atoms with E-state index in [0.717, 1.165) is 51.0 Å². The highest BCUT2D eigenvalue weighted by atomic mass is 35.5. The minimum absolute atomic E-state index is 0.0663. The molecular formula is C29H37ClFN3O4. The van der Waals surface area contributed by atoms with Gasteiger partial charge in [0.05, 0.1) is 30.2 Å². The van der Waals surface area contributed by atoms with Crippen molar-refractivity contribution >= 4 is 23.2 Å². The lowest BCUT2D eigenvalue weighted by Gasteiger charge is -2.30. The van der Waals surface area contributed by atoms with E-state index >= 15 is 0 Å². The van der Waals surface area contributed by atoms with Gasteiger partial charge >= 0.3 is 0 Å². The van der Waals surface area contributed by atoms with Gasteiger partial charge in [-0.1, -0.05) is 17.7 Å². The summed E-state index contributed by atoms with van der Waals surface area (Å²) in [7, 11) is 0. The number of halogens is 2. The van der Waals surface area contributed by atoms with E-state index < -0.39 is 12.1 Å². The van der Waals surface area contributed by atoms with Crippen LogP contribution in [0.3, 0.4) is 0 Å². The first kappa shape index (κ1) is 27.2. The zero-order valence-electron chi connectivity index (χ0n) is 21.7. The molecule has 3 aliphatic heterocycles. The van der Waals surface area contributed by atoms with Crippen molar-refractivity contribution in [1.29, 1.82) is 0 Å². The fourth-order valence-electron chi connectivity index (χ4n) is 5.63. The van der Waals surface area contributed by atoms with Crippen LogP contribution in [0.2, 0.25) is 5.02 Å². The quantitative estimate of drug-likeness (QED) is 0.492. The molecule has 3 saturated heterocycles. The summed E-state index contributed by atoms with van der Waals surface area (Å²) in [5.74, 6) is 0.0568. The Morgan fingerprint density at radius 3 is 2.55 bits per heavy atom. The molecule has 206 valence electrons. The van der Waals surface area contributed by atoms with E-state index in [1.165, 1.54) is 12.1 Å². The number of ether oxygens (including phenoxy) is 2. The maximum Gasteiger partial charge on any atom is 0.225 e. The molecule has 5 rings (SSSR count). The van der Waals surface area contributed by atoms with Crippen molar-refractivity contribution in [2.45, 2.75) is 50.4 Å². The molecular weight excluding hydrogens is 509 g/mol. The number of nitrogens with one attached hydrogen (secondary N) is 1. The summed E-state index contributed by atoms with van der Waals surface area (Å²) in [6.07, 6.45) is 3.75. The van der Waals surface area contributed by atoms with Gasteiger partial charge < -0.3 is 29.7 Å². The third-order valence-electron chi connectivity index (χ3n) is 7.87. The summed E-state index contributed by atoms with van der Waals surface area (Å²) < 4.78 is 24.8. The van der Waals surface area contributed by atoms with Gasteiger partial charge in [0.2, 0.25) is 5.91 Å². The third-order valence-corrected chi connectivity index (χ3v) is 8.17. The number of carbonyl (C=O) groups excluding carboxylic acids is 1. The van der Waals surface area contributed by atoms with E-state index in [9.17, 15) is 14.3 Å². The van der Waals surface area contributed by atoms with Crippen LogP contribution in [-0.4, -0.2) is 74.0 Å². The number of aliphatic hydroxyl groups excluding tert-OH is 1. The molecule has 0 saturated carbocycles. The lowest BCUT2D eigenvalue weighted by Crippen LogP contribution is -2.48. The van der Waals surface area contributed by atoms with Crippen LogP contribution in [-0.2, 0) is 9.53 Å². The molecule has 0 spiro atoms. The van der Waals surface area contributed by atoms with Crippen molar-refractivity contribution in [3.63, 3.8) is 0 Å². The number of anilines is 1. The second kappa shape index (κ2) is 12.6. The molecule has 7 nitrogen and oxygen atoms in total. The maximum absolute atomic E-state index is 13.4. The molecule has 0 bridgehead atoms. The number of hydrogen-bond acceptors (Lipinski definition) is 6. The summed E-state index contributed by atoms with van der Waals surface area (Å²) in [4.78, 5) is 17.7. The number of amides is 1. The van der Waals surface area contributed by atoms with Gasteiger partial charge in [0, 0.05) is 38.2 Å². The molecule has 3 atom stereocenters. The molecule has 38 heavy (non-hydrogen) atoms. The SMILES string of the molecule is O=C(N[C@H](CN1CCCC1)[C@H](O)c1ccc(OC2CCOCC2)c(Cl)c1)[C@@H]1CCN(c2ccc(F)cc2)C1. The highest BCUT2D eigenvalue weighted by Gasteiger charge is 2.33. The minimum atomic E-state index is -0.913. The largest absolute Gasteiger partial charge is 0.489 e. The van der Waals surface area contributed by atoms with Crippen LogP contribution in [0, 0.1) is 11.7 Å². The van der Waals surface area contributed by atoms with Gasteiger partial charge in [-0.3, -0.25) is 4.79 Å². The molecule has 1 amide bonds. The Morgan fingerprint density at radius 2 is 1.84 bits per heavy atom. The van der Waals surface area contributed by atoms with Crippen LogP contribution < -0.4 is 15.0 Å². The number of benzene rings is 2. The molecule has 2 aromatic rings. The Hall–Kier alpha value is -2.39. The summed E-state index contributed by atoms with van der Waals surface area (Å²) in [6, 6.07) is 11.3. The van der Waals surface area contributed by atoms with Crippen LogP contribution in [0.4, 0.5) is 10.1 Å². The van der Waals surface area contributed by atoms with Crippen molar-refractivity contribution in [2.24, 2.45) is 5.92 Å². The fourth-order valence-corrected chi connectivity index (χ4v) is 5.86. The smallest absolute Gasteiger partial charge is 0.225 e. The van der Waals surface area contributed by atoms with Gasteiger partial charge in [0.25, 0.3) is 0 Å². The first-order valence-corrected chi connectivity index (χ1v) is 14.1. The van der Waals surface area contributed by atoms with Crippen LogP contribution in [0.1, 0.15) is 43.8 Å². The van der Waals surface area contributed by atoms with Gasteiger partial charge in [-0.25, -0.2) is 4.39 Å². The Morgan fingerprint density at radius 1 is 1.11 bits per heavy atom. The van der Waals surface area contributed by atoms with Gasteiger partial charge in [0.1, 0.15) is 23.8 Å². The molecule has 0 radical (unpaired) electrons. The number of rotatable bonds is 9. The predicted molar refractivity (Wildman–Crippen MR) is 145 cm³/mol. The Labute approximate surface area is 228 Å². The number of nitrogens with zero attached hydrogens (tertiary/aromatic N) is 2. The normalized spacial score (nSPS) is 22.4. The Balaban J connectivity index is 1.25. The topological polar surface area (TPSA) is 74.3 Å². The van der Waals surface area contributed by atoms with Gasteiger partial charge in [-0.05, 0) is 74.3 Å². The highest BCUT2D eigenvalue weighted by Crippen LogP contribution is 2.32. The molecule has 0 unspecified atom stereocenters. The summed E-state index contributed by atoms with van der Waals surface area (Å²) in [6.45, 7) is 5.14. The number of likely N-dealkylation sites (tertiary alicyclic amines) is 1. The van der Waals surface area contributed by atoms with E-state index in [2.05, 4.69) is 15.1 Å². The first-order valence-electron chi connectivity index (χ1n) is 13.7. The molecule has 3 fully saturated rings. The van der Waals surface area contributed by atoms with Crippen LogP contribution in [0.25, 0.3) is 0 Å². The molecule has 3 heterocycles. The van der Waals surface area contributed by atoms with Gasteiger partial charge in [0.15, 0.2) is 0 Å².